The number of nitrogens with zero attached hydrogens (tertiary/aromatic N) is 5. The Morgan fingerprint density at radius 1 is 1.11 bits per heavy atom. The molecule has 0 amide bonds. The summed E-state index contributed by atoms with van der Waals surface area (Å²) < 4.78 is 21.6. The Morgan fingerprint density at radius 2 is 1.89 bits per heavy atom. The predicted molar refractivity (Wildman–Crippen MR) is 130 cm³/mol. The lowest BCUT2D eigenvalue weighted by Gasteiger charge is -2.11. The second-order valence-corrected chi connectivity index (χ2v) is 8.24. The third kappa shape index (κ3) is 4.16. The Kier molecular flexibility index (Phi) is 5.90. The molecule has 4 N–H and O–H groups in total. The fraction of sp³-hybridized carbons (Fsp3) is 0.160. The van der Waals surface area contributed by atoms with Gasteiger partial charge in [0.1, 0.15) is 11.5 Å². The van der Waals surface area contributed by atoms with Crippen molar-refractivity contribution < 1.29 is 19.2 Å². The molecular formula is C25H23FN7O3+. The fourth-order valence-corrected chi connectivity index (χ4v) is 3.99. The number of pyridine rings is 2. The third-order valence-electron chi connectivity index (χ3n) is 5.74. The number of rotatable bonds is 6. The minimum absolute atomic E-state index is 0.0459. The topological polar surface area (TPSA) is 135 Å². The van der Waals surface area contributed by atoms with Crippen LogP contribution in [-0.4, -0.2) is 36.4 Å². The number of aromatic nitrogens is 6. The molecule has 0 fully saturated rings. The van der Waals surface area contributed by atoms with Crippen molar-refractivity contribution >= 4 is 11.6 Å². The van der Waals surface area contributed by atoms with Crippen LogP contribution in [0.15, 0.2) is 59.5 Å². The molecule has 0 aliphatic rings. The lowest BCUT2D eigenvalue weighted by molar-refractivity contribution is -0.351. The van der Waals surface area contributed by atoms with Crippen LogP contribution in [0.5, 0.6) is 5.88 Å². The van der Waals surface area contributed by atoms with E-state index in [1.54, 1.807) is 30.5 Å². The largest absolute Gasteiger partial charge is 0.481 e. The molecule has 0 aliphatic carbocycles. The maximum atomic E-state index is 13.7. The zero-order chi connectivity index (χ0) is 25.4. The third-order valence-corrected chi connectivity index (χ3v) is 5.74. The highest BCUT2D eigenvalue weighted by Crippen LogP contribution is 2.34. The maximum Gasteiger partial charge on any atom is 0.411 e. The molecule has 36 heavy (non-hydrogen) atoms. The Balaban J connectivity index is 1.81. The van der Waals surface area contributed by atoms with Gasteiger partial charge >= 0.3 is 11.6 Å². The Bertz CT molecular complexity index is 1610. The van der Waals surface area contributed by atoms with Crippen molar-refractivity contribution in [1.29, 1.82) is 0 Å². The number of aliphatic hydroxyl groups is 1. The van der Waals surface area contributed by atoms with Crippen LogP contribution in [0.4, 0.5) is 10.3 Å². The summed E-state index contributed by atoms with van der Waals surface area (Å²) in [5, 5.41) is 14.4. The summed E-state index contributed by atoms with van der Waals surface area (Å²) in [6.45, 7) is 1.73. The van der Waals surface area contributed by atoms with Crippen molar-refractivity contribution in [1.82, 2.24) is 24.1 Å². The van der Waals surface area contributed by atoms with Crippen LogP contribution in [0.25, 0.3) is 28.0 Å². The smallest absolute Gasteiger partial charge is 0.411 e. The molecular weight excluding hydrogens is 465 g/mol. The molecule has 182 valence electrons. The number of aromatic amines is 1. The number of aryl methyl sites for hydroxylation is 1. The molecule has 0 saturated heterocycles. The van der Waals surface area contributed by atoms with Crippen LogP contribution in [0, 0.1) is 12.7 Å². The lowest BCUT2D eigenvalue weighted by Crippen LogP contribution is -2.28. The molecule has 0 radical (unpaired) electrons. The standard InChI is InChI=1S/C25H22FN7O3/c1-14-3-8-18(28-11-14)12-32-25(35)33-23(31-32)21(16-9-19(13-34)29-20(10-16)36-2)22(30-24(33)27)15-4-6-17(26)7-5-15/h3-11,34H,12-13H2,1-2H3,(H2,27,30)/p+1. The highest BCUT2D eigenvalue weighted by molar-refractivity contribution is 5.89. The van der Waals surface area contributed by atoms with Gasteiger partial charge in [0.25, 0.3) is 0 Å². The second-order valence-electron chi connectivity index (χ2n) is 8.24. The zero-order valence-electron chi connectivity index (χ0n) is 19.6. The van der Waals surface area contributed by atoms with Crippen molar-refractivity contribution in [2.24, 2.45) is 0 Å². The van der Waals surface area contributed by atoms with Gasteiger partial charge in [-0.05, 0) is 54.4 Å². The average Bonchev–Trinajstić information content (AvgIpc) is 3.21. The van der Waals surface area contributed by atoms with Gasteiger partial charge in [-0.1, -0.05) is 6.07 Å². The first-order chi connectivity index (χ1) is 17.4. The Hall–Kier alpha value is -4.64. The van der Waals surface area contributed by atoms with Crippen molar-refractivity contribution in [3.8, 4) is 28.3 Å². The minimum atomic E-state index is -0.462. The zero-order valence-corrected chi connectivity index (χ0v) is 19.6. The van der Waals surface area contributed by atoms with Crippen LogP contribution in [0.1, 0.15) is 17.0 Å². The summed E-state index contributed by atoms with van der Waals surface area (Å²) in [4.78, 5) is 25.0. The van der Waals surface area contributed by atoms with Crippen molar-refractivity contribution in [3.63, 3.8) is 0 Å². The Labute approximate surface area is 204 Å². The maximum absolute atomic E-state index is 13.7. The molecule has 5 rings (SSSR count). The summed E-state index contributed by atoms with van der Waals surface area (Å²) in [5.41, 5.74) is 10.3. The van der Waals surface area contributed by atoms with Crippen molar-refractivity contribution in [2.45, 2.75) is 20.1 Å². The molecule has 4 heterocycles. The number of ether oxygens (including phenoxy) is 1. The molecule has 0 saturated carbocycles. The van der Waals surface area contributed by atoms with Gasteiger partial charge in [-0.15, -0.1) is 9.50 Å². The van der Waals surface area contributed by atoms with Crippen LogP contribution in [0.2, 0.25) is 0 Å². The molecule has 1 aromatic carbocycles. The van der Waals surface area contributed by atoms with E-state index in [1.165, 1.54) is 28.3 Å². The molecule has 5 aromatic rings. The van der Waals surface area contributed by atoms with Crippen LogP contribution in [-0.2, 0) is 13.2 Å². The van der Waals surface area contributed by atoms with E-state index in [4.69, 9.17) is 10.5 Å². The highest BCUT2D eigenvalue weighted by atomic mass is 19.1. The number of nitrogen functional groups attached to an aromatic ring is 1. The monoisotopic (exact) mass is 488 g/mol. The van der Waals surface area contributed by atoms with Gasteiger partial charge in [0.2, 0.25) is 11.5 Å². The number of halogens is 1. The molecule has 0 spiro atoms. The lowest BCUT2D eigenvalue weighted by atomic mass is 10.00. The van der Waals surface area contributed by atoms with Gasteiger partial charge in [-0.2, -0.15) is 4.68 Å². The number of fused-ring (bicyclic) bond motifs is 1. The first-order valence-electron chi connectivity index (χ1n) is 11.1. The van der Waals surface area contributed by atoms with Gasteiger partial charge < -0.3 is 9.84 Å². The summed E-state index contributed by atoms with van der Waals surface area (Å²) in [6, 6.07) is 12.9. The number of hydrogen-bond donors (Lipinski definition) is 2. The predicted octanol–water partition coefficient (Wildman–Crippen LogP) is 2.01. The van der Waals surface area contributed by atoms with Crippen LogP contribution >= 0.6 is 0 Å². The number of anilines is 1. The van der Waals surface area contributed by atoms with E-state index in [-0.39, 0.29) is 30.6 Å². The van der Waals surface area contributed by atoms with Crippen LogP contribution in [0.3, 0.4) is 0 Å². The Morgan fingerprint density at radius 3 is 2.56 bits per heavy atom. The summed E-state index contributed by atoms with van der Waals surface area (Å²) in [7, 11) is 1.46. The van der Waals surface area contributed by atoms with E-state index in [9.17, 15) is 14.3 Å². The van der Waals surface area contributed by atoms with E-state index in [1.807, 2.05) is 19.1 Å². The average molecular weight is 489 g/mol. The normalized spacial score (nSPS) is 11.2. The van der Waals surface area contributed by atoms with E-state index in [0.717, 1.165) is 5.56 Å². The number of nitrogens with one attached hydrogen (secondary N) is 1. The second kappa shape index (κ2) is 9.19. The van der Waals surface area contributed by atoms with Gasteiger partial charge in [0.15, 0.2) is 0 Å². The number of nitrogens with two attached hydrogens (primary N) is 1. The quantitative estimate of drug-likeness (QED) is 0.373. The van der Waals surface area contributed by atoms with Crippen molar-refractivity contribution in [2.75, 3.05) is 12.8 Å². The number of benzene rings is 1. The molecule has 0 aliphatic heterocycles. The fourth-order valence-electron chi connectivity index (χ4n) is 3.99. The van der Waals surface area contributed by atoms with Gasteiger partial charge in [0.05, 0.1) is 37.2 Å². The number of H-pyrrole nitrogens is 1. The van der Waals surface area contributed by atoms with Crippen molar-refractivity contribution in [3.05, 3.63) is 88.0 Å². The number of methoxy groups -OCH3 is 1. The van der Waals surface area contributed by atoms with E-state index in [2.05, 4.69) is 20.1 Å². The van der Waals surface area contributed by atoms with Gasteiger partial charge in [-0.25, -0.2) is 19.2 Å². The highest BCUT2D eigenvalue weighted by Gasteiger charge is 2.26. The first-order valence-corrected chi connectivity index (χ1v) is 11.1. The van der Waals surface area contributed by atoms with E-state index in [0.29, 0.717) is 33.8 Å². The summed E-state index contributed by atoms with van der Waals surface area (Å²) in [6.07, 6.45) is 1.72. The molecule has 4 aromatic heterocycles. The molecule has 10 nitrogen and oxygen atoms in total. The molecule has 0 bridgehead atoms. The number of hydrogen-bond acceptors (Lipinski definition) is 7. The van der Waals surface area contributed by atoms with Gasteiger partial charge in [-0.3, -0.25) is 10.7 Å². The first kappa shape index (κ1) is 23.1. The van der Waals surface area contributed by atoms with E-state index >= 15 is 0 Å². The summed E-state index contributed by atoms with van der Waals surface area (Å²) >= 11 is 0. The molecule has 0 unspecified atom stereocenters. The summed E-state index contributed by atoms with van der Waals surface area (Å²) in [5.74, 6) is -0.0830. The van der Waals surface area contributed by atoms with E-state index < -0.39 is 11.5 Å². The van der Waals surface area contributed by atoms with Crippen LogP contribution < -0.4 is 21.1 Å². The molecule has 0 atom stereocenters. The minimum Gasteiger partial charge on any atom is -0.481 e. The van der Waals surface area contributed by atoms with Gasteiger partial charge in [0, 0.05) is 17.8 Å². The number of aliphatic hydroxyl groups excluding tert-OH is 1. The SMILES string of the molecule is COc1cc(-c2c(-c3ccc(F)cc3)[nH+]c(N)n3c(=O)n(Cc4ccc(C)cn4)nc23)cc(CO)n1. The molecule has 11 heteroatoms.